The van der Waals surface area contributed by atoms with Crippen molar-refractivity contribution in [3.63, 3.8) is 0 Å². The number of carbonyl (C=O) groups is 1. The van der Waals surface area contributed by atoms with Crippen molar-refractivity contribution >= 4 is 5.91 Å². The zero-order chi connectivity index (χ0) is 17.8. The minimum atomic E-state index is -0.0842. The largest absolute Gasteiger partial charge is 0.346 e. The van der Waals surface area contributed by atoms with Gasteiger partial charge in [0.15, 0.2) is 0 Å². The van der Waals surface area contributed by atoms with Gasteiger partial charge in [0.05, 0.1) is 24.5 Å². The third-order valence-corrected chi connectivity index (χ3v) is 4.16. The number of benzene rings is 1. The average Bonchev–Trinajstić information content (AvgIpc) is 3.18. The van der Waals surface area contributed by atoms with Gasteiger partial charge in [0.25, 0.3) is 5.91 Å². The molecule has 0 aliphatic heterocycles. The van der Waals surface area contributed by atoms with Gasteiger partial charge in [-0.1, -0.05) is 12.1 Å². The maximum Gasteiger partial charge on any atom is 0.251 e. The molecular formula is C19H23N5O. The molecular weight excluding hydrogens is 314 g/mol. The van der Waals surface area contributed by atoms with Crippen molar-refractivity contribution in [1.82, 2.24) is 24.9 Å². The highest BCUT2D eigenvalue weighted by molar-refractivity contribution is 5.94. The second kappa shape index (κ2) is 7.34. The van der Waals surface area contributed by atoms with E-state index in [1.165, 1.54) is 0 Å². The second-order valence-electron chi connectivity index (χ2n) is 6.11. The average molecular weight is 337 g/mol. The quantitative estimate of drug-likeness (QED) is 0.752. The number of nitrogens with one attached hydrogen (secondary N) is 1. The van der Waals surface area contributed by atoms with Gasteiger partial charge in [-0.2, -0.15) is 10.2 Å². The standard InChI is InChI=1S/C19H23N5O/c1-4-23-18(8-9-21-23)12-20-19(25)17-7-5-6-16(11-17)13-24-15(3)10-14(2)22-24/h5-11H,4,12-13H2,1-3H3,(H,20,25). The van der Waals surface area contributed by atoms with Gasteiger partial charge in [0, 0.05) is 24.0 Å². The Kier molecular flexibility index (Phi) is 4.97. The van der Waals surface area contributed by atoms with E-state index in [-0.39, 0.29) is 5.91 Å². The van der Waals surface area contributed by atoms with Crippen LogP contribution in [-0.4, -0.2) is 25.5 Å². The fourth-order valence-corrected chi connectivity index (χ4v) is 2.89. The van der Waals surface area contributed by atoms with E-state index in [1.807, 2.05) is 66.5 Å². The lowest BCUT2D eigenvalue weighted by molar-refractivity contribution is 0.0950. The molecule has 1 aromatic carbocycles. The van der Waals surface area contributed by atoms with Gasteiger partial charge in [0.1, 0.15) is 0 Å². The summed E-state index contributed by atoms with van der Waals surface area (Å²) in [5, 5.41) is 11.6. The topological polar surface area (TPSA) is 64.7 Å². The Bertz CT molecular complexity index is 878. The summed E-state index contributed by atoms with van der Waals surface area (Å²) in [5.41, 5.74) is 4.81. The van der Waals surface area contributed by atoms with Crippen molar-refractivity contribution in [3.8, 4) is 0 Å². The van der Waals surface area contributed by atoms with Crippen LogP contribution in [0.25, 0.3) is 0 Å². The molecule has 130 valence electrons. The molecule has 0 spiro atoms. The lowest BCUT2D eigenvalue weighted by Crippen LogP contribution is -2.24. The molecule has 25 heavy (non-hydrogen) atoms. The number of nitrogens with zero attached hydrogens (tertiary/aromatic N) is 4. The molecule has 2 heterocycles. The number of hydrogen-bond acceptors (Lipinski definition) is 3. The normalized spacial score (nSPS) is 10.8. The van der Waals surface area contributed by atoms with E-state index in [0.717, 1.165) is 29.2 Å². The zero-order valence-electron chi connectivity index (χ0n) is 14.9. The first-order valence-electron chi connectivity index (χ1n) is 8.45. The van der Waals surface area contributed by atoms with Crippen LogP contribution >= 0.6 is 0 Å². The lowest BCUT2D eigenvalue weighted by atomic mass is 10.1. The molecule has 3 rings (SSSR count). The summed E-state index contributed by atoms with van der Waals surface area (Å²) in [7, 11) is 0. The summed E-state index contributed by atoms with van der Waals surface area (Å²) in [6, 6.07) is 11.6. The van der Waals surface area contributed by atoms with Crippen molar-refractivity contribution in [2.75, 3.05) is 0 Å². The van der Waals surface area contributed by atoms with E-state index in [2.05, 4.69) is 15.5 Å². The highest BCUT2D eigenvalue weighted by Crippen LogP contribution is 2.10. The molecule has 1 amide bonds. The number of aryl methyl sites for hydroxylation is 3. The van der Waals surface area contributed by atoms with Gasteiger partial charge < -0.3 is 5.32 Å². The van der Waals surface area contributed by atoms with E-state index in [4.69, 9.17) is 0 Å². The molecule has 0 atom stereocenters. The van der Waals surface area contributed by atoms with Gasteiger partial charge >= 0.3 is 0 Å². The maximum atomic E-state index is 12.5. The van der Waals surface area contributed by atoms with Crippen molar-refractivity contribution in [2.45, 2.75) is 40.4 Å². The van der Waals surface area contributed by atoms with Gasteiger partial charge in [0.2, 0.25) is 0 Å². The van der Waals surface area contributed by atoms with Gasteiger partial charge in [-0.3, -0.25) is 14.2 Å². The fourth-order valence-electron chi connectivity index (χ4n) is 2.89. The van der Waals surface area contributed by atoms with Gasteiger partial charge in [-0.25, -0.2) is 0 Å². The Labute approximate surface area is 147 Å². The van der Waals surface area contributed by atoms with Crippen LogP contribution < -0.4 is 5.32 Å². The van der Waals surface area contributed by atoms with Crippen LogP contribution in [0.2, 0.25) is 0 Å². The third kappa shape index (κ3) is 3.96. The Morgan fingerprint density at radius 3 is 2.72 bits per heavy atom. The monoisotopic (exact) mass is 337 g/mol. The molecule has 0 unspecified atom stereocenters. The minimum absolute atomic E-state index is 0.0842. The van der Waals surface area contributed by atoms with Crippen molar-refractivity contribution in [1.29, 1.82) is 0 Å². The number of hydrogen-bond donors (Lipinski definition) is 1. The van der Waals surface area contributed by atoms with Crippen molar-refractivity contribution < 1.29 is 4.79 Å². The minimum Gasteiger partial charge on any atom is -0.346 e. The molecule has 2 aromatic heterocycles. The SMILES string of the molecule is CCn1nccc1CNC(=O)c1cccc(Cn2nc(C)cc2C)c1. The number of carbonyl (C=O) groups excluding carboxylic acids is 1. The molecule has 0 aliphatic carbocycles. The first-order valence-corrected chi connectivity index (χ1v) is 8.45. The van der Waals surface area contributed by atoms with E-state index in [0.29, 0.717) is 18.7 Å². The van der Waals surface area contributed by atoms with Gasteiger partial charge in [-0.15, -0.1) is 0 Å². The molecule has 1 N–H and O–H groups in total. The van der Waals surface area contributed by atoms with E-state index in [9.17, 15) is 4.79 Å². The molecule has 6 heteroatoms. The first-order chi connectivity index (χ1) is 12.1. The van der Waals surface area contributed by atoms with Crippen LogP contribution in [0.1, 0.15) is 39.9 Å². The van der Waals surface area contributed by atoms with Crippen LogP contribution in [0.3, 0.4) is 0 Å². The van der Waals surface area contributed by atoms with Crippen LogP contribution in [-0.2, 0) is 19.6 Å². The Balaban J connectivity index is 1.68. The molecule has 3 aromatic rings. The van der Waals surface area contributed by atoms with E-state index in [1.54, 1.807) is 6.20 Å². The summed E-state index contributed by atoms with van der Waals surface area (Å²) in [4.78, 5) is 12.5. The summed E-state index contributed by atoms with van der Waals surface area (Å²) in [5.74, 6) is -0.0842. The highest BCUT2D eigenvalue weighted by Gasteiger charge is 2.09. The Morgan fingerprint density at radius 1 is 1.16 bits per heavy atom. The van der Waals surface area contributed by atoms with Crippen molar-refractivity contribution in [3.05, 3.63) is 70.8 Å². The van der Waals surface area contributed by atoms with E-state index >= 15 is 0 Å². The summed E-state index contributed by atoms with van der Waals surface area (Å²) >= 11 is 0. The van der Waals surface area contributed by atoms with Crippen molar-refractivity contribution in [2.24, 2.45) is 0 Å². The van der Waals surface area contributed by atoms with Crippen LogP contribution in [0, 0.1) is 13.8 Å². The molecule has 0 radical (unpaired) electrons. The lowest BCUT2D eigenvalue weighted by Gasteiger charge is -2.09. The smallest absolute Gasteiger partial charge is 0.251 e. The molecule has 0 fully saturated rings. The predicted octanol–water partition coefficient (Wildman–Crippen LogP) is 2.69. The molecule has 6 nitrogen and oxygen atoms in total. The first kappa shape index (κ1) is 17.0. The third-order valence-electron chi connectivity index (χ3n) is 4.16. The summed E-state index contributed by atoms with van der Waals surface area (Å²) in [6.07, 6.45) is 1.75. The van der Waals surface area contributed by atoms with Crippen LogP contribution in [0.5, 0.6) is 0 Å². The number of amides is 1. The van der Waals surface area contributed by atoms with E-state index < -0.39 is 0 Å². The van der Waals surface area contributed by atoms with Crippen LogP contribution in [0.15, 0.2) is 42.6 Å². The molecule has 0 aliphatic rings. The molecule has 0 bridgehead atoms. The van der Waals surface area contributed by atoms with Crippen LogP contribution in [0.4, 0.5) is 0 Å². The summed E-state index contributed by atoms with van der Waals surface area (Å²) < 4.78 is 3.83. The molecule has 0 saturated carbocycles. The second-order valence-corrected chi connectivity index (χ2v) is 6.11. The fraction of sp³-hybridized carbons (Fsp3) is 0.316. The molecule has 0 saturated heterocycles. The van der Waals surface area contributed by atoms with Gasteiger partial charge in [-0.05, 0) is 50.6 Å². The maximum absolute atomic E-state index is 12.5. The highest BCUT2D eigenvalue weighted by atomic mass is 16.1. The number of rotatable bonds is 6. The Morgan fingerprint density at radius 2 is 2.00 bits per heavy atom. The zero-order valence-corrected chi connectivity index (χ0v) is 14.9. The Hall–Kier alpha value is -2.89. The predicted molar refractivity (Wildman–Crippen MR) is 96.3 cm³/mol. The summed E-state index contributed by atoms with van der Waals surface area (Å²) in [6.45, 7) is 7.96. The number of aromatic nitrogens is 4.